The van der Waals surface area contributed by atoms with E-state index in [-0.39, 0.29) is 55.5 Å². The Kier molecular flexibility index (Phi) is 9.35. The van der Waals surface area contributed by atoms with Gasteiger partial charge in [0.25, 0.3) is 0 Å². The number of carbonyl (C=O) groups excluding carboxylic acids is 1. The van der Waals surface area contributed by atoms with Crippen LogP contribution in [-0.2, 0) is 15.1 Å². The van der Waals surface area contributed by atoms with Crippen LogP contribution in [0, 0.1) is 23.0 Å². The molecular weight excluding hydrogens is 575 g/mol. The number of nitrogens with zero attached hydrogens (tertiary/aromatic N) is 2. The van der Waals surface area contributed by atoms with Gasteiger partial charge < -0.3 is 36.2 Å². The van der Waals surface area contributed by atoms with Crippen molar-refractivity contribution in [3.05, 3.63) is 76.9 Å². The van der Waals surface area contributed by atoms with Crippen LogP contribution >= 0.6 is 0 Å². The number of rotatable bonds is 8. The molecule has 2 aliphatic rings. The van der Waals surface area contributed by atoms with Gasteiger partial charge in [0.15, 0.2) is 0 Å². The van der Waals surface area contributed by atoms with Crippen LogP contribution in [0.4, 0.5) is 29.6 Å². The summed E-state index contributed by atoms with van der Waals surface area (Å²) in [6, 6.07) is 3.37. The number of nitrogens with one attached hydrogen (secondary N) is 4. The lowest BCUT2D eigenvalue weighted by atomic mass is 9.73. The van der Waals surface area contributed by atoms with Crippen molar-refractivity contribution in [3.63, 3.8) is 0 Å². The van der Waals surface area contributed by atoms with Gasteiger partial charge in [0.05, 0.1) is 42.2 Å². The first-order valence-corrected chi connectivity index (χ1v) is 14.5. The Bertz CT molecular complexity index is 1500. The molecule has 1 amide bonds. The number of carbonyl (C=O) groups is 1. The summed E-state index contributed by atoms with van der Waals surface area (Å²) in [6.45, 7) is 2.39. The van der Waals surface area contributed by atoms with Gasteiger partial charge in [-0.2, -0.15) is 0 Å². The number of amides is 1. The van der Waals surface area contributed by atoms with Gasteiger partial charge in [-0.1, -0.05) is 6.92 Å². The minimum absolute atomic E-state index is 0.0155. The third-order valence-electron chi connectivity index (χ3n) is 8.44. The largest absolute Gasteiger partial charge is 0.453 e. The summed E-state index contributed by atoms with van der Waals surface area (Å²) in [7, 11) is 1.32. The smallest absolute Gasteiger partial charge is 0.407 e. The number of aromatic amines is 1. The zero-order chi connectivity index (χ0) is 31.4. The van der Waals surface area contributed by atoms with Crippen LogP contribution in [0.25, 0.3) is 6.08 Å². The quantitative estimate of drug-likeness (QED) is 0.213. The summed E-state index contributed by atoms with van der Waals surface area (Å²) in [5, 5.41) is 14.3. The van der Waals surface area contributed by atoms with Gasteiger partial charge in [-0.05, 0) is 66.2 Å². The number of allylic oxidation sites excluding steroid dienone is 1. The molecule has 0 bridgehead atoms. The van der Waals surface area contributed by atoms with Gasteiger partial charge in [-0.3, -0.25) is 4.98 Å². The fraction of sp³-hybridized carbons (Fsp3) is 0.419. The van der Waals surface area contributed by atoms with E-state index in [0.29, 0.717) is 18.1 Å². The second kappa shape index (κ2) is 13.2. The number of anilines is 2. The van der Waals surface area contributed by atoms with E-state index in [2.05, 4.69) is 25.6 Å². The average Bonchev–Trinajstić information content (AvgIpc) is 3.45. The number of aromatic nitrogens is 3. The molecule has 4 unspecified atom stereocenters. The molecule has 234 valence electrons. The summed E-state index contributed by atoms with van der Waals surface area (Å²) in [5.74, 6) is -1.40. The zero-order valence-corrected chi connectivity index (χ0v) is 24.5. The lowest BCUT2D eigenvalue weighted by Gasteiger charge is -2.39. The lowest BCUT2D eigenvalue weighted by Crippen LogP contribution is -2.54. The van der Waals surface area contributed by atoms with E-state index < -0.39 is 34.7 Å². The molecule has 2 fully saturated rings. The Balaban J connectivity index is 1.26. The molecule has 1 aliphatic carbocycles. The minimum Gasteiger partial charge on any atom is -0.453 e. The molecule has 2 aromatic heterocycles. The Morgan fingerprint density at radius 3 is 2.64 bits per heavy atom. The number of imidazole rings is 1. The molecule has 6 N–H and O–H groups in total. The van der Waals surface area contributed by atoms with E-state index in [4.69, 9.17) is 20.6 Å². The number of methoxy groups -OCH3 is 1. The van der Waals surface area contributed by atoms with Crippen molar-refractivity contribution in [2.45, 2.75) is 56.3 Å². The number of H-pyrrole nitrogens is 1. The molecule has 1 saturated heterocycles. The molecule has 13 heteroatoms. The second-order valence-corrected chi connectivity index (χ2v) is 11.4. The molecule has 0 radical (unpaired) electrons. The molecule has 1 aromatic carbocycles. The summed E-state index contributed by atoms with van der Waals surface area (Å²) < 4.78 is 55.0. The SMILES string of the molecule is COC(=O)NC1C(C)CC(c2ccncc2Nc2ncc(/C=C\C(=N)c3c(F)cc(C4(F)CCOCC4)cc3F)[nH]2)CC1N. The number of nitrogens with two attached hydrogens (primary N) is 1. The van der Waals surface area contributed by atoms with Crippen LogP contribution in [0.1, 0.15) is 60.9 Å². The molecule has 1 aliphatic heterocycles. The van der Waals surface area contributed by atoms with E-state index >= 15 is 4.39 Å². The maximum absolute atomic E-state index is 15.2. The van der Waals surface area contributed by atoms with E-state index in [1.165, 1.54) is 25.5 Å². The summed E-state index contributed by atoms with van der Waals surface area (Å²) in [4.78, 5) is 23.4. The molecule has 0 spiro atoms. The Morgan fingerprint density at radius 2 is 1.95 bits per heavy atom. The Hall–Kier alpha value is -4.23. The van der Waals surface area contributed by atoms with Gasteiger partial charge in [0, 0.05) is 44.3 Å². The zero-order valence-electron chi connectivity index (χ0n) is 24.5. The highest BCUT2D eigenvalue weighted by molar-refractivity contribution is 6.09. The standard InChI is InChI=1S/C31H36F3N7O3/c1-17-11-18(12-25(36)28(17)41-30(42)43-2)21-5-8-37-16-26(21)40-29-38-15-20(39-29)3-4-24(35)27-22(32)13-19(14-23(27)33)31(34)6-9-44-10-7-31/h3-5,8,13-18,25,28,35H,6-7,9-12,36H2,1-2H3,(H,41,42)(H2,38,39,40)/b4-3-,35-24?. The molecule has 4 atom stereocenters. The first kappa shape index (κ1) is 31.2. The predicted molar refractivity (Wildman–Crippen MR) is 160 cm³/mol. The first-order chi connectivity index (χ1) is 21.1. The molecule has 5 rings (SSSR count). The van der Waals surface area contributed by atoms with Crippen molar-refractivity contribution < 1.29 is 27.4 Å². The van der Waals surface area contributed by atoms with Crippen molar-refractivity contribution in [2.24, 2.45) is 11.7 Å². The predicted octanol–water partition coefficient (Wildman–Crippen LogP) is 5.45. The van der Waals surface area contributed by atoms with Crippen molar-refractivity contribution in [3.8, 4) is 0 Å². The highest BCUT2D eigenvalue weighted by Gasteiger charge is 2.37. The lowest BCUT2D eigenvalue weighted by molar-refractivity contribution is -0.0118. The van der Waals surface area contributed by atoms with Crippen molar-refractivity contribution in [2.75, 3.05) is 25.6 Å². The molecule has 3 aromatic rings. The van der Waals surface area contributed by atoms with Crippen molar-refractivity contribution in [1.29, 1.82) is 5.41 Å². The number of pyridine rings is 1. The monoisotopic (exact) mass is 611 g/mol. The van der Waals surface area contributed by atoms with E-state index in [9.17, 15) is 13.6 Å². The number of halogens is 3. The maximum Gasteiger partial charge on any atom is 0.407 e. The molecule has 10 nitrogen and oxygen atoms in total. The summed E-state index contributed by atoms with van der Waals surface area (Å²) in [5.41, 5.74) is 5.76. The first-order valence-electron chi connectivity index (χ1n) is 14.5. The van der Waals surface area contributed by atoms with E-state index in [0.717, 1.165) is 29.8 Å². The third-order valence-corrected chi connectivity index (χ3v) is 8.44. The van der Waals surface area contributed by atoms with Gasteiger partial charge in [-0.15, -0.1) is 0 Å². The maximum atomic E-state index is 15.2. The van der Waals surface area contributed by atoms with Crippen LogP contribution < -0.4 is 16.4 Å². The van der Waals surface area contributed by atoms with Gasteiger partial charge in [-0.25, -0.2) is 22.9 Å². The van der Waals surface area contributed by atoms with Crippen LogP contribution in [-0.4, -0.2) is 59.2 Å². The summed E-state index contributed by atoms with van der Waals surface area (Å²) >= 11 is 0. The normalized spacial score (nSPS) is 23.3. The van der Waals surface area contributed by atoms with Gasteiger partial charge in [0.2, 0.25) is 5.95 Å². The van der Waals surface area contributed by atoms with Crippen LogP contribution in [0.2, 0.25) is 0 Å². The molecule has 1 saturated carbocycles. The fourth-order valence-electron chi connectivity index (χ4n) is 6.09. The molecular formula is C31H36F3N7O3. The summed E-state index contributed by atoms with van der Waals surface area (Å²) in [6.07, 6.45) is 8.58. The fourth-order valence-corrected chi connectivity index (χ4v) is 6.09. The van der Waals surface area contributed by atoms with Gasteiger partial charge in [0.1, 0.15) is 17.3 Å². The highest BCUT2D eigenvalue weighted by atomic mass is 19.1. The van der Waals surface area contributed by atoms with Crippen molar-refractivity contribution >= 4 is 29.5 Å². The number of hydrogen-bond donors (Lipinski definition) is 5. The minimum atomic E-state index is -1.87. The molecule has 3 heterocycles. The van der Waals surface area contributed by atoms with Crippen molar-refractivity contribution in [1.82, 2.24) is 20.3 Å². The van der Waals surface area contributed by atoms with E-state index in [1.54, 1.807) is 12.4 Å². The third kappa shape index (κ3) is 6.78. The van der Waals surface area contributed by atoms with Crippen LogP contribution in [0.5, 0.6) is 0 Å². The number of ether oxygens (including phenoxy) is 2. The number of benzene rings is 1. The van der Waals surface area contributed by atoms with E-state index in [1.807, 2.05) is 13.0 Å². The number of alkyl halides is 1. The van der Waals surface area contributed by atoms with Gasteiger partial charge >= 0.3 is 6.09 Å². The Labute approximate surface area is 253 Å². The average molecular weight is 612 g/mol. The molecule has 44 heavy (non-hydrogen) atoms. The Morgan fingerprint density at radius 1 is 1.23 bits per heavy atom. The van der Waals surface area contributed by atoms with Crippen LogP contribution in [0.15, 0.2) is 42.9 Å². The van der Waals surface area contributed by atoms with Crippen LogP contribution in [0.3, 0.4) is 0 Å². The topological polar surface area (TPSA) is 151 Å². The highest BCUT2D eigenvalue weighted by Crippen LogP contribution is 2.40. The number of alkyl carbamates (subject to hydrolysis) is 1. The second-order valence-electron chi connectivity index (χ2n) is 11.4. The number of hydrogen-bond acceptors (Lipinski definition) is 8.